The highest BCUT2D eigenvalue weighted by molar-refractivity contribution is 7.98. The number of rotatable bonds is 8. The molecule has 1 saturated heterocycles. The Bertz CT molecular complexity index is 1080. The fraction of sp³-hybridized carbons (Fsp3) is 0.480. The van der Waals surface area contributed by atoms with Gasteiger partial charge in [-0.3, -0.25) is 8.88 Å². The van der Waals surface area contributed by atoms with Gasteiger partial charge in [0.15, 0.2) is 16.9 Å². The summed E-state index contributed by atoms with van der Waals surface area (Å²) in [6, 6.07) is 8.28. The van der Waals surface area contributed by atoms with Crippen molar-refractivity contribution in [2.24, 2.45) is 0 Å². The Morgan fingerprint density at radius 3 is 2.53 bits per heavy atom. The van der Waals surface area contributed by atoms with Crippen molar-refractivity contribution >= 4 is 23.2 Å². The number of thioether (sulfide) groups is 1. The predicted molar refractivity (Wildman–Crippen MR) is 132 cm³/mol. The molecule has 2 aromatic heterocycles. The predicted octanol–water partition coefficient (Wildman–Crippen LogP) is 5.53. The number of hydrogen-bond donors (Lipinski definition) is 0. The van der Waals surface area contributed by atoms with Gasteiger partial charge in [-0.2, -0.15) is 0 Å². The Labute approximate surface area is 195 Å². The number of benzene rings is 1. The molecular formula is C25H34N3O3S+. The number of imidazole rings is 1. The van der Waals surface area contributed by atoms with Crippen LogP contribution in [0.15, 0.2) is 35.5 Å². The third-order valence-electron chi connectivity index (χ3n) is 6.42. The molecule has 32 heavy (non-hydrogen) atoms. The summed E-state index contributed by atoms with van der Waals surface area (Å²) in [5.74, 6) is 2.76. The van der Waals surface area contributed by atoms with Gasteiger partial charge in [-0.25, -0.2) is 4.98 Å². The largest absolute Gasteiger partial charge is 0.496 e. The van der Waals surface area contributed by atoms with E-state index in [1.54, 1.807) is 26.0 Å². The maximum Gasteiger partial charge on any atom is 0.248 e. The van der Waals surface area contributed by atoms with Crippen LogP contribution in [0.25, 0.3) is 16.8 Å². The molecule has 2 unspecified atom stereocenters. The number of fused-ring (bicyclic) bond motifs is 1. The van der Waals surface area contributed by atoms with Gasteiger partial charge in [0, 0.05) is 18.2 Å². The van der Waals surface area contributed by atoms with Crippen LogP contribution in [0.4, 0.5) is 5.82 Å². The smallest absolute Gasteiger partial charge is 0.248 e. The molecule has 0 N–H and O–H groups in total. The number of pyridine rings is 1. The first-order valence-electron chi connectivity index (χ1n) is 11.2. The molecule has 1 fully saturated rings. The minimum atomic E-state index is 0.146. The van der Waals surface area contributed by atoms with E-state index in [9.17, 15) is 0 Å². The molecule has 0 amide bonds. The van der Waals surface area contributed by atoms with Crippen molar-refractivity contribution < 1.29 is 14.2 Å². The van der Waals surface area contributed by atoms with E-state index >= 15 is 0 Å². The van der Waals surface area contributed by atoms with E-state index in [1.165, 1.54) is 5.82 Å². The maximum atomic E-state index is 6.23. The highest BCUT2D eigenvalue weighted by Crippen LogP contribution is 2.44. The van der Waals surface area contributed by atoms with Gasteiger partial charge >= 0.3 is 0 Å². The van der Waals surface area contributed by atoms with Crippen molar-refractivity contribution in [2.45, 2.75) is 44.4 Å². The third kappa shape index (κ3) is 3.76. The Hall–Kier alpha value is -2.22. The van der Waals surface area contributed by atoms with E-state index in [-0.39, 0.29) is 6.23 Å². The van der Waals surface area contributed by atoms with Crippen molar-refractivity contribution in [3.05, 3.63) is 36.0 Å². The minimum absolute atomic E-state index is 0.146. The highest BCUT2D eigenvalue weighted by Gasteiger charge is 2.42. The number of nitrogens with zero attached hydrogens (tertiary/aromatic N) is 3. The molecule has 172 valence electrons. The Balaban J connectivity index is 2.00. The molecule has 0 aliphatic carbocycles. The van der Waals surface area contributed by atoms with Crippen LogP contribution in [0.2, 0.25) is 0 Å². The molecule has 3 heterocycles. The standard InChI is InChI=1S/C25H34N3O3S/c1-7-13-28(3,21-11-9-14-31-21)25-24(32-6)26-23-18(10-8-12-27(23)25)22-19(29-4)15-17(2)16-20(22)30-5/h8,10,12,15-16,21H,7,9,11,13-14H2,1-6H3/q+1. The zero-order valence-corrected chi connectivity index (χ0v) is 20.8. The molecule has 0 spiro atoms. The van der Waals surface area contributed by atoms with Gasteiger partial charge in [0.25, 0.3) is 0 Å². The van der Waals surface area contributed by atoms with Crippen LogP contribution in [-0.2, 0) is 4.74 Å². The van der Waals surface area contributed by atoms with Gasteiger partial charge in [-0.1, -0.05) is 6.92 Å². The molecule has 4 rings (SSSR count). The molecule has 3 aromatic rings. The van der Waals surface area contributed by atoms with Crippen LogP contribution < -0.4 is 14.0 Å². The van der Waals surface area contributed by atoms with Gasteiger partial charge in [0.1, 0.15) is 11.5 Å². The van der Waals surface area contributed by atoms with Crippen LogP contribution in [-0.4, -0.2) is 56.3 Å². The number of ether oxygens (including phenoxy) is 3. The van der Waals surface area contributed by atoms with Crippen molar-refractivity contribution in [3.63, 3.8) is 0 Å². The topological polar surface area (TPSA) is 45.0 Å². The number of hydrogen-bond acceptors (Lipinski definition) is 5. The van der Waals surface area contributed by atoms with Crippen molar-refractivity contribution in [2.75, 3.05) is 40.7 Å². The van der Waals surface area contributed by atoms with Crippen LogP contribution in [0.1, 0.15) is 31.7 Å². The van der Waals surface area contributed by atoms with Gasteiger partial charge in [0.2, 0.25) is 5.82 Å². The maximum absolute atomic E-state index is 6.23. The quantitative estimate of drug-likeness (QED) is 0.329. The van der Waals surface area contributed by atoms with E-state index in [1.807, 2.05) is 19.1 Å². The SMILES string of the molecule is CCC[N+](C)(c1c(SC)nc2c(-c3c(OC)cc(C)cc3OC)cccn12)C1CCCO1. The molecule has 0 radical (unpaired) electrons. The monoisotopic (exact) mass is 456 g/mol. The zero-order valence-electron chi connectivity index (χ0n) is 20.0. The molecule has 2 atom stereocenters. The molecule has 0 saturated carbocycles. The summed E-state index contributed by atoms with van der Waals surface area (Å²) in [7, 11) is 5.70. The lowest BCUT2D eigenvalue weighted by Crippen LogP contribution is -2.54. The lowest BCUT2D eigenvalue weighted by Gasteiger charge is -2.37. The first-order valence-corrected chi connectivity index (χ1v) is 12.5. The molecular weight excluding hydrogens is 422 g/mol. The summed E-state index contributed by atoms with van der Waals surface area (Å²) < 4.78 is 20.7. The average molecular weight is 457 g/mol. The second-order valence-electron chi connectivity index (χ2n) is 8.56. The van der Waals surface area contributed by atoms with E-state index in [2.05, 4.69) is 43.0 Å². The minimum Gasteiger partial charge on any atom is -0.496 e. The lowest BCUT2D eigenvalue weighted by molar-refractivity contribution is -0.00384. The molecule has 0 bridgehead atoms. The van der Waals surface area contributed by atoms with Gasteiger partial charge in [0.05, 0.1) is 40.0 Å². The van der Waals surface area contributed by atoms with E-state index in [0.29, 0.717) is 0 Å². The van der Waals surface area contributed by atoms with Crippen LogP contribution in [0.3, 0.4) is 0 Å². The lowest BCUT2D eigenvalue weighted by atomic mass is 10.0. The van der Waals surface area contributed by atoms with Gasteiger partial charge in [-0.15, -0.1) is 11.8 Å². The van der Waals surface area contributed by atoms with Crippen molar-refractivity contribution in [1.29, 1.82) is 0 Å². The summed E-state index contributed by atoms with van der Waals surface area (Å²) in [5.41, 5.74) is 3.93. The average Bonchev–Trinajstić information content (AvgIpc) is 3.47. The zero-order chi connectivity index (χ0) is 22.9. The Morgan fingerprint density at radius 1 is 1.25 bits per heavy atom. The highest BCUT2D eigenvalue weighted by atomic mass is 32.2. The second kappa shape index (κ2) is 9.33. The second-order valence-corrected chi connectivity index (χ2v) is 9.36. The molecule has 7 heteroatoms. The number of methoxy groups -OCH3 is 2. The molecule has 1 aliphatic heterocycles. The van der Waals surface area contributed by atoms with Crippen LogP contribution >= 0.6 is 11.8 Å². The summed E-state index contributed by atoms with van der Waals surface area (Å²) in [6.07, 6.45) is 7.61. The van der Waals surface area contributed by atoms with Crippen LogP contribution in [0, 0.1) is 6.92 Å². The Morgan fingerprint density at radius 2 is 1.97 bits per heavy atom. The van der Waals surface area contributed by atoms with E-state index in [0.717, 1.165) is 75.8 Å². The normalized spacial score (nSPS) is 18.1. The molecule has 6 nitrogen and oxygen atoms in total. The first kappa shape index (κ1) is 23.0. The number of aryl methyl sites for hydroxylation is 1. The van der Waals surface area contributed by atoms with Crippen molar-refractivity contribution in [3.8, 4) is 22.6 Å². The summed E-state index contributed by atoms with van der Waals surface area (Å²) in [4.78, 5) is 5.14. The fourth-order valence-corrected chi connectivity index (χ4v) is 5.67. The first-order chi connectivity index (χ1) is 15.5. The van der Waals surface area contributed by atoms with Crippen LogP contribution in [0.5, 0.6) is 11.5 Å². The van der Waals surface area contributed by atoms with Crippen molar-refractivity contribution in [1.82, 2.24) is 13.9 Å². The number of aromatic nitrogens is 2. The van der Waals surface area contributed by atoms with Gasteiger partial charge < -0.3 is 14.2 Å². The third-order valence-corrected chi connectivity index (χ3v) is 7.08. The number of quaternary nitrogens is 1. The van der Waals surface area contributed by atoms with Gasteiger partial charge in [-0.05, 0) is 55.9 Å². The fourth-order valence-electron chi connectivity index (χ4n) is 5.00. The summed E-state index contributed by atoms with van der Waals surface area (Å²) >= 11 is 1.69. The Kier molecular flexibility index (Phi) is 6.70. The van der Waals surface area contributed by atoms with E-state index in [4.69, 9.17) is 19.2 Å². The molecule has 1 aromatic carbocycles. The van der Waals surface area contributed by atoms with E-state index < -0.39 is 0 Å². The molecule has 1 aliphatic rings. The summed E-state index contributed by atoms with van der Waals surface area (Å²) in [6.45, 7) is 6.11. The summed E-state index contributed by atoms with van der Waals surface area (Å²) in [5, 5.41) is 1.04.